The molecule has 3 nitrogen and oxygen atoms in total. The van der Waals surface area contributed by atoms with E-state index in [2.05, 4.69) is 15.9 Å². The molecule has 1 heterocycles. The summed E-state index contributed by atoms with van der Waals surface area (Å²) in [7, 11) is 3.21. The Labute approximate surface area is 125 Å². The number of aryl methyl sites for hydroxylation is 1. The lowest BCUT2D eigenvalue weighted by Crippen LogP contribution is -1.98. The van der Waals surface area contributed by atoms with E-state index < -0.39 is 5.38 Å². The standard InChI is InChI=1S/C14H14BrClO3/c1-8-4-5-11(19-8)14(16)9-6-13(18-3)10(15)7-12(9)17-2/h4-7,14H,1-3H3. The van der Waals surface area contributed by atoms with Gasteiger partial charge in [0.15, 0.2) is 0 Å². The average Bonchev–Trinajstić information content (AvgIpc) is 2.84. The van der Waals surface area contributed by atoms with E-state index in [1.807, 2.05) is 31.2 Å². The van der Waals surface area contributed by atoms with Crippen LogP contribution in [0.25, 0.3) is 0 Å². The van der Waals surface area contributed by atoms with Crippen molar-refractivity contribution < 1.29 is 13.9 Å². The third kappa shape index (κ3) is 2.90. The third-order valence-corrected chi connectivity index (χ3v) is 3.86. The van der Waals surface area contributed by atoms with Crippen molar-refractivity contribution in [2.75, 3.05) is 14.2 Å². The van der Waals surface area contributed by atoms with Crippen molar-refractivity contribution in [1.29, 1.82) is 0 Å². The van der Waals surface area contributed by atoms with Gasteiger partial charge in [0.1, 0.15) is 28.4 Å². The molecule has 0 saturated carbocycles. The van der Waals surface area contributed by atoms with E-state index in [1.165, 1.54) is 0 Å². The highest BCUT2D eigenvalue weighted by molar-refractivity contribution is 9.10. The smallest absolute Gasteiger partial charge is 0.133 e. The molecule has 0 aliphatic rings. The van der Waals surface area contributed by atoms with Crippen molar-refractivity contribution in [3.8, 4) is 11.5 Å². The van der Waals surface area contributed by atoms with Crippen molar-refractivity contribution in [1.82, 2.24) is 0 Å². The molecule has 0 radical (unpaired) electrons. The first-order valence-electron chi connectivity index (χ1n) is 5.68. The summed E-state index contributed by atoms with van der Waals surface area (Å²) in [5, 5.41) is -0.425. The highest BCUT2D eigenvalue weighted by Crippen LogP contribution is 2.41. The molecule has 102 valence electrons. The van der Waals surface area contributed by atoms with Gasteiger partial charge in [0, 0.05) is 5.56 Å². The quantitative estimate of drug-likeness (QED) is 0.753. The predicted octanol–water partition coefficient (Wildman–Crippen LogP) is 4.70. The van der Waals surface area contributed by atoms with Gasteiger partial charge in [-0.15, -0.1) is 11.6 Å². The summed E-state index contributed by atoms with van der Waals surface area (Å²) >= 11 is 9.89. The molecule has 0 amide bonds. The molecule has 0 N–H and O–H groups in total. The van der Waals surface area contributed by atoms with Crippen LogP contribution in [0.5, 0.6) is 11.5 Å². The van der Waals surface area contributed by atoms with E-state index in [1.54, 1.807) is 14.2 Å². The molecule has 1 aromatic heterocycles. The Balaban J connectivity index is 2.48. The zero-order chi connectivity index (χ0) is 14.0. The van der Waals surface area contributed by atoms with Crippen LogP contribution in [0.1, 0.15) is 22.5 Å². The van der Waals surface area contributed by atoms with Crippen LogP contribution in [0.4, 0.5) is 0 Å². The van der Waals surface area contributed by atoms with Crippen LogP contribution in [-0.2, 0) is 0 Å². The second-order valence-electron chi connectivity index (χ2n) is 4.04. The number of furan rings is 1. The molecule has 1 atom stereocenters. The first kappa shape index (κ1) is 14.3. The number of ether oxygens (including phenoxy) is 2. The van der Waals surface area contributed by atoms with E-state index in [0.717, 1.165) is 15.8 Å². The highest BCUT2D eigenvalue weighted by atomic mass is 79.9. The summed E-state index contributed by atoms with van der Waals surface area (Å²) in [5.41, 5.74) is 0.804. The van der Waals surface area contributed by atoms with Gasteiger partial charge >= 0.3 is 0 Å². The predicted molar refractivity (Wildman–Crippen MR) is 78.4 cm³/mol. The number of benzene rings is 1. The Bertz CT molecular complexity index is 580. The first-order valence-corrected chi connectivity index (χ1v) is 6.91. The minimum absolute atomic E-state index is 0.425. The van der Waals surface area contributed by atoms with Gasteiger partial charge in [-0.1, -0.05) is 0 Å². The Morgan fingerprint density at radius 1 is 1.16 bits per heavy atom. The molecule has 0 bridgehead atoms. The lowest BCUT2D eigenvalue weighted by Gasteiger charge is -2.15. The molecule has 0 aliphatic heterocycles. The molecular weight excluding hydrogens is 332 g/mol. The van der Waals surface area contributed by atoms with Crippen LogP contribution in [0.3, 0.4) is 0 Å². The van der Waals surface area contributed by atoms with Gasteiger partial charge in [-0.05, 0) is 47.1 Å². The Hall–Kier alpha value is -1.13. The van der Waals surface area contributed by atoms with Gasteiger partial charge in [0.05, 0.1) is 18.7 Å². The Kier molecular flexibility index (Phi) is 4.42. The van der Waals surface area contributed by atoms with Crippen LogP contribution in [-0.4, -0.2) is 14.2 Å². The summed E-state index contributed by atoms with van der Waals surface area (Å²) in [5.74, 6) is 2.89. The van der Waals surface area contributed by atoms with Gasteiger partial charge in [0.25, 0.3) is 0 Å². The Morgan fingerprint density at radius 3 is 2.37 bits per heavy atom. The molecular formula is C14H14BrClO3. The van der Waals surface area contributed by atoms with Gasteiger partial charge in [0.2, 0.25) is 0 Å². The zero-order valence-electron chi connectivity index (χ0n) is 10.9. The van der Waals surface area contributed by atoms with Crippen LogP contribution in [0.15, 0.2) is 33.2 Å². The molecule has 1 aromatic carbocycles. The molecule has 19 heavy (non-hydrogen) atoms. The second-order valence-corrected chi connectivity index (χ2v) is 5.33. The maximum atomic E-state index is 6.47. The molecule has 1 unspecified atom stereocenters. The van der Waals surface area contributed by atoms with Gasteiger partial charge < -0.3 is 13.9 Å². The van der Waals surface area contributed by atoms with Crippen LogP contribution < -0.4 is 9.47 Å². The zero-order valence-corrected chi connectivity index (χ0v) is 13.2. The van der Waals surface area contributed by atoms with Crippen LogP contribution in [0, 0.1) is 6.92 Å². The lowest BCUT2D eigenvalue weighted by atomic mass is 10.1. The summed E-state index contributed by atoms with van der Waals surface area (Å²) < 4.78 is 17.0. The molecule has 0 spiro atoms. The second kappa shape index (κ2) is 5.88. The fourth-order valence-electron chi connectivity index (χ4n) is 1.83. The molecule has 5 heteroatoms. The first-order chi connectivity index (χ1) is 9.06. The van der Waals surface area contributed by atoms with E-state index in [-0.39, 0.29) is 0 Å². The number of hydrogen-bond donors (Lipinski definition) is 0. The van der Waals surface area contributed by atoms with Crippen molar-refractivity contribution in [3.63, 3.8) is 0 Å². The SMILES string of the molecule is COc1cc(C(Cl)c2ccc(C)o2)c(OC)cc1Br. The topological polar surface area (TPSA) is 31.6 Å². The number of hydrogen-bond acceptors (Lipinski definition) is 3. The van der Waals surface area contributed by atoms with Gasteiger partial charge in [-0.25, -0.2) is 0 Å². The Morgan fingerprint density at radius 2 is 1.84 bits per heavy atom. The summed E-state index contributed by atoms with van der Waals surface area (Å²) in [6.07, 6.45) is 0. The molecule has 0 fully saturated rings. The van der Waals surface area contributed by atoms with Crippen molar-refractivity contribution in [2.24, 2.45) is 0 Å². The van der Waals surface area contributed by atoms with Gasteiger partial charge in [-0.2, -0.15) is 0 Å². The van der Waals surface area contributed by atoms with Crippen LogP contribution >= 0.6 is 27.5 Å². The van der Waals surface area contributed by atoms with Crippen LogP contribution in [0.2, 0.25) is 0 Å². The summed E-state index contributed by atoms with van der Waals surface area (Å²) in [4.78, 5) is 0. The van der Waals surface area contributed by atoms with Crippen molar-refractivity contribution >= 4 is 27.5 Å². The maximum Gasteiger partial charge on any atom is 0.133 e. The number of halogens is 2. The minimum Gasteiger partial charge on any atom is -0.496 e. The summed E-state index contributed by atoms with van der Waals surface area (Å²) in [6, 6.07) is 7.42. The maximum absolute atomic E-state index is 6.47. The molecule has 0 saturated heterocycles. The summed E-state index contributed by atoms with van der Waals surface area (Å²) in [6.45, 7) is 1.88. The lowest BCUT2D eigenvalue weighted by molar-refractivity contribution is 0.395. The largest absolute Gasteiger partial charge is 0.496 e. The third-order valence-electron chi connectivity index (χ3n) is 2.79. The highest BCUT2D eigenvalue weighted by Gasteiger charge is 2.21. The fraction of sp³-hybridized carbons (Fsp3) is 0.286. The number of alkyl halides is 1. The molecule has 2 aromatic rings. The van der Waals surface area contributed by atoms with E-state index in [9.17, 15) is 0 Å². The normalized spacial score (nSPS) is 12.3. The van der Waals surface area contributed by atoms with Crippen molar-refractivity contribution in [2.45, 2.75) is 12.3 Å². The molecule has 2 rings (SSSR count). The number of methoxy groups -OCH3 is 2. The van der Waals surface area contributed by atoms with Crippen molar-refractivity contribution in [3.05, 3.63) is 45.8 Å². The van der Waals surface area contributed by atoms with E-state index in [4.69, 9.17) is 25.5 Å². The fourth-order valence-corrected chi connectivity index (χ4v) is 2.60. The monoisotopic (exact) mass is 344 g/mol. The van der Waals surface area contributed by atoms with E-state index >= 15 is 0 Å². The molecule has 0 aliphatic carbocycles. The average molecular weight is 346 g/mol. The number of rotatable bonds is 4. The van der Waals surface area contributed by atoms with Gasteiger partial charge in [-0.3, -0.25) is 0 Å². The van der Waals surface area contributed by atoms with E-state index in [0.29, 0.717) is 17.3 Å². The minimum atomic E-state index is -0.425.